The summed E-state index contributed by atoms with van der Waals surface area (Å²) >= 11 is 0. The lowest BCUT2D eigenvalue weighted by Gasteiger charge is -2.09. The highest BCUT2D eigenvalue weighted by atomic mass is 16.5. The first-order valence-electron chi connectivity index (χ1n) is 8.77. The number of methoxy groups -OCH3 is 2. The molecule has 2 rings (SSSR count). The summed E-state index contributed by atoms with van der Waals surface area (Å²) in [7, 11) is 3.02. The lowest BCUT2D eigenvalue weighted by atomic mass is 10.1. The van der Waals surface area contributed by atoms with Crippen molar-refractivity contribution in [3.8, 4) is 11.5 Å². The van der Waals surface area contributed by atoms with Crippen LogP contribution in [0, 0.1) is 13.8 Å². The number of aromatic nitrogens is 1. The van der Waals surface area contributed by atoms with Gasteiger partial charge in [0.2, 0.25) is 0 Å². The number of H-pyrrole nitrogens is 1. The average molecular weight is 387 g/mol. The van der Waals surface area contributed by atoms with Gasteiger partial charge in [-0.25, -0.2) is 10.2 Å². The minimum Gasteiger partial charge on any atom is -0.493 e. The van der Waals surface area contributed by atoms with E-state index in [9.17, 15) is 9.59 Å². The Labute approximate surface area is 163 Å². The fraction of sp³-hybridized carbons (Fsp3) is 0.350. The van der Waals surface area contributed by atoms with Gasteiger partial charge in [-0.15, -0.1) is 0 Å². The first-order valence-corrected chi connectivity index (χ1v) is 8.77. The van der Waals surface area contributed by atoms with Crippen molar-refractivity contribution >= 4 is 17.6 Å². The van der Waals surface area contributed by atoms with Gasteiger partial charge in [-0.2, -0.15) is 5.10 Å². The molecule has 1 aromatic heterocycles. The van der Waals surface area contributed by atoms with Crippen LogP contribution in [0.25, 0.3) is 0 Å². The van der Waals surface area contributed by atoms with Gasteiger partial charge in [0.25, 0.3) is 5.91 Å². The molecular weight excluding hydrogens is 362 g/mol. The molecule has 28 heavy (non-hydrogen) atoms. The van der Waals surface area contributed by atoms with Crippen LogP contribution in [0.1, 0.15) is 51.5 Å². The Bertz CT molecular complexity index is 915. The molecule has 0 unspecified atom stereocenters. The highest BCUT2D eigenvalue weighted by Gasteiger charge is 2.20. The quantitative estimate of drug-likeness (QED) is 0.432. The number of amides is 1. The molecule has 8 nitrogen and oxygen atoms in total. The smallest absolute Gasteiger partial charge is 0.340 e. The molecule has 2 aromatic rings. The predicted octanol–water partition coefficient (Wildman–Crippen LogP) is 2.98. The summed E-state index contributed by atoms with van der Waals surface area (Å²) in [6, 6.07) is 4.83. The molecule has 150 valence electrons. The maximum absolute atomic E-state index is 12.4. The van der Waals surface area contributed by atoms with Gasteiger partial charge in [-0.3, -0.25) is 4.79 Å². The van der Waals surface area contributed by atoms with Gasteiger partial charge in [0.05, 0.1) is 37.8 Å². The average Bonchev–Trinajstić information content (AvgIpc) is 2.99. The van der Waals surface area contributed by atoms with E-state index >= 15 is 0 Å². The Morgan fingerprint density at radius 3 is 2.43 bits per heavy atom. The van der Waals surface area contributed by atoms with Crippen LogP contribution < -0.4 is 14.9 Å². The molecule has 0 radical (unpaired) electrons. The zero-order valence-electron chi connectivity index (χ0n) is 16.9. The second kappa shape index (κ2) is 9.07. The topological polar surface area (TPSA) is 102 Å². The van der Waals surface area contributed by atoms with Gasteiger partial charge in [0, 0.05) is 11.3 Å². The van der Waals surface area contributed by atoms with Gasteiger partial charge in [0.15, 0.2) is 11.5 Å². The van der Waals surface area contributed by atoms with Crippen molar-refractivity contribution in [1.82, 2.24) is 10.4 Å². The Morgan fingerprint density at radius 1 is 1.14 bits per heavy atom. The number of carbonyl (C=O) groups is 2. The SMILES string of the molecule is CCOC(=O)c1c(C)[nH]c(/C(C)=N/NC(=O)c2ccc(OC)c(OC)c2)c1C. The Kier molecular flexibility index (Phi) is 6.81. The van der Waals surface area contributed by atoms with Gasteiger partial charge >= 0.3 is 5.97 Å². The molecule has 0 saturated carbocycles. The molecule has 0 atom stereocenters. The van der Waals surface area contributed by atoms with Crippen LogP contribution in [0.4, 0.5) is 0 Å². The van der Waals surface area contributed by atoms with E-state index in [0.717, 1.165) is 5.56 Å². The van der Waals surface area contributed by atoms with Crippen molar-refractivity contribution in [2.45, 2.75) is 27.7 Å². The number of ether oxygens (including phenoxy) is 3. The molecule has 8 heteroatoms. The number of nitrogens with zero attached hydrogens (tertiary/aromatic N) is 1. The minimum atomic E-state index is -0.396. The second-order valence-corrected chi connectivity index (χ2v) is 6.05. The van der Waals surface area contributed by atoms with E-state index < -0.39 is 5.91 Å². The van der Waals surface area contributed by atoms with Crippen LogP contribution in [0.2, 0.25) is 0 Å². The van der Waals surface area contributed by atoms with E-state index in [4.69, 9.17) is 14.2 Å². The monoisotopic (exact) mass is 387 g/mol. The molecule has 2 N–H and O–H groups in total. The van der Waals surface area contributed by atoms with Crippen molar-refractivity contribution < 1.29 is 23.8 Å². The first-order chi connectivity index (χ1) is 13.3. The molecular formula is C20H25N3O5. The minimum absolute atomic E-state index is 0.298. The number of aryl methyl sites for hydroxylation is 1. The number of rotatable bonds is 7. The van der Waals surface area contributed by atoms with Crippen molar-refractivity contribution in [3.63, 3.8) is 0 Å². The van der Waals surface area contributed by atoms with Crippen molar-refractivity contribution in [2.24, 2.45) is 5.10 Å². The normalized spacial score (nSPS) is 11.1. The molecule has 0 saturated heterocycles. The number of esters is 1. The number of nitrogens with one attached hydrogen (secondary N) is 2. The predicted molar refractivity (Wildman–Crippen MR) is 105 cm³/mol. The summed E-state index contributed by atoms with van der Waals surface area (Å²) in [5.74, 6) is 0.197. The van der Waals surface area contributed by atoms with E-state index in [1.54, 1.807) is 45.9 Å². The van der Waals surface area contributed by atoms with Gasteiger partial charge in [-0.1, -0.05) is 0 Å². The van der Waals surface area contributed by atoms with Crippen molar-refractivity contribution in [2.75, 3.05) is 20.8 Å². The van der Waals surface area contributed by atoms with E-state index in [1.165, 1.54) is 14.2 Å². The van der Waals surface area contributed by atoms with Crippen LogP contribution >= 0.6 is 0 Å². The van der Waals surface area contributed by atoms with E-state index in [-0.39, 0.29) is 5.97 Å². The standard InChI is InChI=1S/C20H25N3O5/c1-7-28-20(25)17-11(2)18(21-12(17)3)13(4)22-23-19(24)14-8-9-15(26-5)16(10-14)27-6/h8-10,21H,7H2,1-6H3,(H,23,24)/b22-13+. The third-order valence-electron chi connectivity index (χ3n) is 4.25. The summed E-state index contributed by atoms with van der Waals surface area (Å²) in [4.78, 5) is 27.6. The number of carbonyl (C=O) groups excluding carboxylic acids is 2. The zero-order chi connectivity index (χ0) is 20.8. The fourth-order valence-electron chi connectivity index (χ4n) is 2.85. The lowest BCUT2D eigenvalue weighted by Crippen LogP contribution is -2.19. The summed E-state index contributed by atoms with van der Waals surface area (Å²) in [6.07, 6.45) is 0. The molecule has 0 aliphatic carbocycles. The van der Waals surface area contributed by atoms with E-state index in [1.807, 2.05) is 0 Å². The fourth-order valence-corrected chi connectivity index (χ4v) is 2.85. The maximum atomic E-state index is 12.4. The molecule has 1 heterocycles. The summed E-state index contributed by atoms with van der Waals surface area (Å²) in [5.41, 5.74) is 5.97. The van der Waals surface area contributed by atoms with E-state index in [2.05, 4.69) is 15.5 Å². The third kappa shape index (κ3) is 4.33. The van der Waals surface area contributed by atoms with Crippen LogP contribution in [-0.2, 0) is 4.74 Å². The van der Waals surface area contributed by atoms with E-state index in [0.29, 0.717) is 46.3 Å². The zero-order valence-corrected chi connectivity index (χ0v) is 16.9. The first kappa shape index (κ1) is 21.0. The molecule has 0 aliphatic rings. The third-order valence-corrected chi connectivity index (χ3v) is 4.25. The Balaban J connectivity index is 2.22. The number of aromatic amines is 1. The molecule has 1 aromatic carbocycles. The maximum Gasteiger partial charge on any atom is 0.340 e. The highest BCUT2D eigenvalue weighted by molar-refractivity contribution is 6.04. The number of benzene rings is 1. The summed E-state index contributed by atoms with van der Waals surface area (Å²) in [6.45, 7) is 7.39. The molecule has 0 aliphatic heterocycles. The summed E-state index contributed by atoms with van der Waals surface area (Å²) < 4.78 is 15.5. The van der Waals surface area contributed by atoms with Crippen LogP contribution in [0.5, 0.6) is 11.5 Å². The highest BCUT2D eigenvalue weighted by Crippen LogP contribution is 2.27. The Morgan fingerprint density at radius 2 is 1.82 bits per heavy atom. The molecule has 0 bridgehead atoms. The van der Waals surface area contributed by atoms with Gasteiger partial charge in [0.1, 0.15) is 0 Å². The summed E-state index contributed by atoms with van der Waals surface area (Å²) in [5, 5.41) is 4.15. The second-order valence-electron chi connectivity index (χ2n) is 6.05. The largest absolute Gasteiger partial charge is 0.493 e. The van der Waals surface area contributed by atoms with Crippen LogP contribution in [0.15, 0.2) is 23.3 Å². The lowest BCUT2D eigenvalue weighted by molar-refractivity contribution is 0.0525. The Hall–Kier alpha value is -3.29. The van der Waals surface area contributed by atoms with Gasteiger partial charge < -0.3 is 19.2 Å². The van der Waals surface area contributed by atoms with Crippen LogP contribution in [0.3, 0.4) is 0 Å². The van der Waals surface area contributed by atoms with Crippen molar-refractivity contribution in [1.29, 1.82) is 0 Å². The number of hydrogen-bond acceptors (Lipinski definition) is 6. The van der Waals surface area contributed by atoms with Crippen molar-refractivity contribution in [3.05, 3.63) is 46.3 Å². The molecule has 0 fully saturated rings. The number of hydrazone groups is 1. The molecule has 1 amide bonds. The number of hydrogen-bond donors (Lipinski definition) is 2. The van der Waals surface area contributed by atoms with Crippen LogP contribution in [-0.4, -0.2) is 43.4 Å². The molecule has 0 spiro atoms. The van der Waals surface area contributed by atoms with Gasteiger partial charge in [-0.05, 0) is 51.5 Å².